The highest BCUT2D eigenvalue weighted by atomic mass is 32.2. The second-order valence-corrected chi connectivity index (χ2v) is 6.19. The molecule has 16 heavy (non-hydrogen) atoms. The Bertz CT molecular complexity index is 217. The minimum atomic E-state index is -1.74. The Balaban J connectivity index is 3.24. The molecule has 2 N–H and O–H groups in total. The number of rotatable bonds is 9. The molecule has 2 amide bonds. The molecular weight excluding hydrogens is 268 g/mol. The molecule has 0 rings (SSSR count). The van der Waals surface area contributed by atoms with Crippen LogP contribution in [0.1, 0.15) is 6.92 Å². The van der Waals surface area contributed by atoms with Crippen LogP contribution in [0.25, 0.3) is 0 Å². The van der Waals surface area contributed by atoms with E-state index in [2.05, 4.69) is 21.1 Å². The van der Waals surface area contributed by atoms with E-state index in [1.807, 2.05) is 11.8 Å². The molecule has 0 saturated carbocycles. The van der Waals surface area contributed by atoms with Crippen LogP contribution in [0.3, 0.4) is 0 Å². The lowest BCUT2D eigenvalue weighted by Gasteiger charge is -2.05. The van der Waals surface area contributed by atoms with E-state index in [4.69, 9.17) is 0 Å². The molecule has 0 aromatic carbocycles. The molecule has 0 aliphatic heterocycles. The zero-order valence-electron chi connectivity index (χ0n) is 9.49. The van der Waals surface area contributed by atoms with Crippen LogP contribution in [-0.4, -0.2) is 46.9 Å². The van der Waals surface area contributed by atoms with Gasteiger partial charge in [-0.15, -0.1) is 0 Å². The first-order chi connectivity index (χ1) is 7.70. The molecule has 5 nitrogen and oxygen atoms in total. The summed E-state index contributed by atoms with van der Waals surface area (Å²) in [5.74, 6) is 4.23. The first kappa shape index (κ1) is 16.1. The molecule has 0 spiro atoms. The number of urea groups is 1. The first-order valence-electron chi connectivity index (χ1n) is 4.87. The highest BCUT2D eigenvalue weighted by Gasteiger charge is 2.03. The second-order valence-electron chi connectivity index (χ2n) is 2.57. The smallest absolute Gasteiger partial charge is 0.328 e. The lowest BCUT2D eigenvalue weighted by atomic mass is 10.7. The summed E-state index contributed by atoms with van der Waals surface area (Å²) in [7, 11) is 1.26. The monoisotopic (exact) mass is 286 g/mol. The van der Waals surface area contributed by atoms with Crippen LogP contribution in [0, 0.1) is 0 Å². The maximum absolute atomic E-state index is 11.0. The third kappa shape index (κ3) is 10.6. The summed E-state index contributed by atoms with van der Waals surface area (Å²) in [4.78, 5) is 11.0. The average Bonchev–Trinajstić information content (AvgIpc) is 2.27. The molecule has 1 atom stereocenters. The minimum Gasteiger partial charge on any atom is -0.337 e. The van der Waals surface area contributed by atoms with Crippen LogP contribution in [0.15, 0.2) is 0 Å². The summed E-state index contributed by atoms with van der Waals surface area (Å²) >= 11 is 1.96. The molecule has 0 heterocycles. The Morgan fingerprint density at radius 3 is 2.62 bits per heavy atom. The lowest BCUT2D eigenvalue weighted by Crippen LogP contribution is -2.38. The Labute approximate surface area is 108 Å². The van der Waals surface area contributed by atoms with Crippen molar-refractivity contribution in [3.05, 3.63) is 0 Å². The van der Waals surface area contributed by atoms with Gasteiger partial charge in [-0.2, -0.15) is 23.5 Å². The van der Waals surface area contributed by atoms with Crippen molar-refractivity contribution < 1.29 is 13.2 Å². The maximum Gasteiger partial charge on any atom is 0.328 e. The molecule has 0 aromatic heterocycles. The number of hydrogen-bond donors (Lipinski definition) is 2. The fourth-order valence-corrected chi connectivity index (χ4v) is 2.74. The minimum absolute atomic E-state index is 0.469. The Morgan fingerprint density at radius 1 is 1.31 bits per heavy atom. The molecule has 0 saturated heterocycles. The van der Waals surface area contributed by atoms with Gasteiger partial charge in [0, 0.05) is 23.8 Å². The van der Waals surface area contributed by atoms with Gasteiger partial charge in [-0.05, 0) is 5.75 Å². The van der Waals surface area contributed by atoms with Gasteiger partial charge in [-0.25, -0.2) is 13.7 Å². The van der Waals surface area contributed by atoms with Gasteiger partial charge < -0.3 is 5.32 Å². The van der Waals surface area contributed by atoms with Crippen molar-refractivity contribution in [2.45, 2.75) is 6.92 Å². The average molecular weight is 286 g/mol. The van der Waals surface area contributed by atoms with E-state index in [9.17, 15) is 9.00 Å². The number of carbonyl (C=O) groups excluding carboxylic acids is 1. The van der Waals surface area contributed by atoms with Crippen LogP contribution in [0.2, 0.25) is 0 Å². The third-order valence-corrected chi connectivity index (χ3v) is 4.24. The van der Waals surface area contributed by atoms with Gasteiger partial charge in [-0.3, -0.25) is 4.18 Å². The van der Waals surface area contributed by atoms with E-state index < -0.39 is 17.3 Å². The number of nitrogens with one attached hydrogen (secondary N) is 2. The SMILES string of the molecule is CCSCCSCCNC(=O)NS(=O)OC. The van der Waals surface area contributed by atoms with E-state index in [1.54, 1.807) is 11.8 Å². The maximum atomic E-state index is 11.0. The van der Waals surface area contributed by atoms with Gasteiger partial charge in [0.15, 0.2) is 0 Å². The zero-order chi connectivity index (χ0) is 12.2. The Kier molecular flexibility index (Phi) is 11.6. The van der Waals surface area contributed by atoms with Crippen molar-refractivity contribution in [2.75, 3.05) is 36.7 Å². The standard InChI is InChI=1S/C8H18N2O3S3/c1-3-14-6-7-15-5-4-9-8(11)10-16(12)13-2/h3-7H2,1-2H3,(H2,9,10,11). The highest BCUT2D eigenvalue weighted by Crippen LogP contribution is 2.05. The van der Waals surface area contributed by atoms with Crippen LogP contribution in [-0.2, 0) is 15.4 Å². The van der Waals surface area contributed by atoms with Crippen LogP contribution in [0.5, 0.6) is 0 Å². The quantitative estimate of drug-likeness (QED) is 0.619. The van der Waals surface area contributed by atoms with Crippen LogP contribution in [0.4, 0.5) is 4.79 Å². The Hall–Kier alpha value is 0.0800. The number of hydrogen-bond acceptors (Lipinski definition) is 5. The van der Waals surface area contributed by atoms with Crippen molar-refractivity contribution in [3.8, 4) is 0 Å². The molecule has 96 valence electrons. The summed E-state index contributed by atoms with van der Waals surface area (Å²) in [6, 6.07) is -0.469. The molecule has 0 fully saturated rings. The molecule has 0 aromatic rings. The van der Waals surface area contributed by atoms with Crippen LogP contribution < -0.4 is 10.0 Å². The summed E-state index contributed by atoms with van der Waals surface area (Å²) in [5.41, 5.74) is 0. The van der Waals surface area contributed by atoms with Crippen molar-refractivity contribution in [1.29, 1.82) is 0 Å². The van der Waals surface area contributed by atoms with Gasteiger partial charge in [0.25, 0.3) is 11.3 Å². The highest BCUT2D eigenvalue weighted by molar-refractivity contribution is 8.02. The number of carbonyl (C=O) groups is 1. The fraction of sp³-hybridized carbons (Fsp3) is 0.875. The molecule has 1 unspecified atom stereocenters. The van der Waals surface area contributed by atoms with Gasteiger partial charge in [0.2, 0.25) is 0 Å². The normalized spacial score (nSPS) is 12.1. The van der Waals surface area contributed by atoms with Gasteiger partial charge in [0.05, 0.1) is 7.11 Å². The summed E-state index contributed by atoms with van der Waals surface area (Å²) in [6.07, 6.45) is 0. The van der Waals surface area contributed by atoms with E-state index in [0.29, 0.717) is 6.54 Å². The Morgan fingerprint density at radius 2 is 2.00 bits per heavy atom. The van der Waals surface area contributed by atoms with Crippen molar-refractivity contribution >= 4 is 40.8 Å². The van der Waals surface area contributed by atoms with E-state index in [-0.39, 0.29) is 0 Å². The molecule has 0 bridgehead atoms. The summed E-state index contributed by atoms with van der Waals surface area (Å²) in [6.45, 7) is 2.70. The summed E-state index contributed by atoms with van der Waals surface area (Å²) in [5, 5.41) is 2.59. The number of thioether (sulfide) groups is 2. The van der Waals surface area contributed by atoms with Gasteiger partial charge in [-0.1, -0.05) is 6.92 Å². The van der Waals surface area contributed by atoms with Crippen molar-refractivity contribution in [2.24, 2.45) is 0 Å². The molecule has 0 aliphatic carbocycles. The van der Waals surface area contributed by atoms with Crippen molar-refractivity contribution in [3.63, 3.8) is 0 Å². The molecule has 0 radical (unpaired) electrons. The zero-order valence-corrected chi connectivity index (χ0v) is 11.9. The lowest BCUT2D eigenvalue weighted by molar-refractivity contribution is 0.246. The van der Waals surface area contributed by atoms with E-state index in [1.165, 1.54) is 7.11 Å². The van der Waals surface area contributed by atoms with E-state index >= 15 is 0 Å². The van der Waals surface area contributed by atoms with Crippen molar-refractivity contribution in [1.82, 2.24) is 10.0 Å². The third-order valence-electron chi connectivity index (χ3n) is 1.44. The largest absolute Gasteiger partial charge is 0.337 e. The van der Waals surface area contributed by atoms with Crippen LogP contribution >= 0.6 is 23.5 Å². The first-order valence-corrected chi connectivity index (χ1v) is 8.25. The van der Waals surface area contributed by atoms with Gasteiger partial charge in [0.1, 0.15) is 0 Å². The topological polar surface area (TPSA) is 67.4 Å². The summed E-state index contributed by atoms with van der Waals surface area (Å²) < 4.78 is 17.3. The predicted octanol–water partition coefficient (Wildman–Crippen LogP) is 0.997. The molecule has 0 aliphatic rings. The second kappa shape index (κ2) is 11.6. The molecule has 8 heteroatoms. The fourth-order valence-electron chi connectivity index (χ4n) is 0.754. The number of amides is 2. The predicted molar refractivity (Wildman–Crippen MR) is 72.0 cm³/mol. The molecular formula is C8H18N2O3S3. The van der Waals surface area contributed by atoms with Gasteiger partial charge >= 0.3 is 6.03 Å². The van der Waals surface area contributed by atoms with E-state index in [0.717, 1.165) is 23.0 Å².